The van der Waals surface area contributed by atoms with Crippen molar-refractivity contribution in [3.05, 3.63) is 58.5 Å². The molecular formula is C22H22N2O5S. The van der Waals surface area contributed by atoms with E-state index in [1.807, 2.05) is 24.3 Å². The van der Waals surface area contributed by atoms with E-state index in [0.717, 1.165) is 23.2 Å². The van der Waals surface area contributed by atoms with Crippen molar-refractivity contribution in [1.29, 1.82) is 0 Å². The number of aliphatic imine (C=N–C) groups is 1. The number of rotatable bonds is 7. The van der Waals surface area contributed by atoms with Gasteiger partial charge >= 0.3 is 5.97 Å². The second kappa shape index (κ2) is 9.49. The monoisotopic (exact) mass is 426 g/mol. The molecule has 2 N–H and O–H groups in total. The topological polar surface area (TPSA) is 97.2 Å². The normalized spacial score (nSPS) is 17.1. The quantitative estimate of drug-likeness (QED) is 0.650. The summed E-state index contributed by atoms with van der Waals surface area (Å²) in [5.74, 6) is -0.603. The van der Waals surface area contributed by atoms with Crippen molar-refractivity contribution in [2.45, 2.75) is 26.4 Å². The van der Waals surface area contributed by atoms with Gasteiger partial charge in [-0.25, -0.2) is 9.79 Å². The molecule has 1 amide bonds. The summed E-state index contributed by atoms with van der Waals surface area (Å²) in [5.41, 5.74) is 2.66. The van der Waals surface area contributed by atoms with Crippen LogP contribution in [0, 0.1) is 0 Å². The number of hydrogen-bond donors (Lipinski definition) is 2. The second-order valence-corrected chi connectivity index (χ2v) is 7.50. The van der Waals surface area contributed by atoms with Gasteiger partial charge in [-0.05, 0) is 60.5 Å². The van der Waals surface area contributed by atoms with E-state index in [4.69, 9.17) is 14.6 Å². The number of benzene rings is 2. The van der Waals surface area contributed by atoms with E-state index in [1.165, 1.54) is 25.8 Å². The highest BCUT2D eigenvalue weighted by Gasteiger charge is 2.24. The van der Waals surface area contributed by atoms with Gasteiger partial charge in [0.1, 0.15) is 0 Å². The van der Waals surface area contributed by atoms with Crippen molar-refractivity contribution < 1.29 is 24.2 Å². The molecule has 3 rings (SSSR count). The summed E-state index contributed by atoms with van der Waals surface area (Å²) in [7, 11) is 1.47. The molecule has 1 saturated heterocycles. The van der Waals surface area contributed by atoms with Gasteiger partial charge in [0.25, 0.3) is 5.91 Å². The van der Waals surface area contributed by atoms with E-state index in [2.05, 4.69) is 17.2 Å². The number of hydrogen-bond acceptors (Lipinski definition) is 6. The van der Waals surface area contributed by atoms with Crippen molar-refractivity contribution in [3.8, 4) is 11.5 Å². The Kier molecular flexibility index (Phi) is 6.79. The number of aryl methyl sites for hydroxylation is 1. The summed E-state index contributed by atoms with van der Waals surface area (Å²) in [6.07, 6.45) is 1.56. The number of carbonyl (C=O) groups excluding carboxylic acids is 1. The number of thioether (sulfide) groups is 1. The van der Waals surface area contributed by atoms with Crippen LogP contribution in [0.25, 0.3) is 6.08 Å². The summed E-state index contributed by atoms with van der Waals surface area (Å²) in [6, 6.07) is 12.8. The smallest absolute Gasteiger partial charge is 0.344 e. The fourth-order valence-corrected chi connectivity index (χ4v) is 3.61. The summed E-state index contributed by atoms with van der Waals surface area (Å²) < 4.78 is 10.7. The number of amidine groups is 1. The highest BCUT2D eigenvalue weighted by atomic mass is 32.2. The molecule has 1 unspecified atom stereocenters. The predicted molar refractivity (Wildman–Crippen MR) is 117 cm³/mol. The zero-order chi connectivity index (χ0) is 21.7. The first kappa shape index (κ1) is 21.4. The summed E-state index contributed by atoms with van der Waals surface area (Å²) in [5, 5.41) is 12.3. The summed E-state index contributed by atoms with van der Waals surface area (Å²) in [4.78, 5) is 28.5. The number of nitrogens with one attached hydrogen (secondary N) is 1. The van der Waals surface area contributed by atoms with Crippen molar-refractivity contribution in [1.82, 2.24) is 5.32 Å². The Morgan fingerprint density at radius 3 is 2.73 bits per heavy atom. The van der Waals surface area contributed by atoms with E-state index >= 15 is 0 Å². The number of ether oxygens (including phenoxy) is 2. The van der Waals surface area contributed by atoms with Gasteiger partial charge in [0.15, 0.2) is 22.8 Å². The first-order valence-electron chi connectivity index (χ1n) is 9.36. The van der Waals surface area contributed by atoms with E-state index in [0.29, 0.717) is 21.6 Å². The standard InChI is InChI=1S/C22H22N2O5S/c1-4-15-7-5-6-8-16(15)23-22-24-20(25)19(30-22)12-14-9-10-17(18(11-14)28-3)29-13(2)21(26)27/h5-13H,4H2,1-3H3,(H,26,27)(H,23,24,25)/b19-12+. The second-order valence-electron chi connectivity index (χ2n) is 6.47. The van der Waals surface area contributed by atoms with Crippen LogP contribution >= 0.6 is 11.8 Å². The number of carboxylic acids is 1. The molecule has 1 fully saturated rings. The Balaban J connectivity index is 1.82. The van der Waals surface area contributed by atoms with Crippen LogP contribution in [0.2, 0.25) is 0 Å². The van der Waals surface area contributed by atoms with Gasteiger partial charge in [-0.1, -0.05) is 31.2 Å². The molecule has 1 atom stereocenters. The van der Waals surface area contributed by atoms with Gasteiger partial charge in [-0.3, -0.25) is 4.79 Å². The Labute approximate surface area is 178 Å². The van der Waals surface area contributed by atoms with Gasteiger partial charge in [-0.2, -0.15) is 0 Å². The fraction of sp³-hybridized carbons (Fsp3) is 0.227. The molecule has 2 aromatic rings. The number of methoxy groups -OCH3 is 1. The average Bonchev–Trinajstić information content (AvgIpc) is 3.07. The van der Waals surface area contributed by atoms with E-state index in [1.54, 1.807) is 24.3 Å². The summed E-state index contributed by atoms with van der Waals surface area (Å²) in [6.45, 7) is 3.50. The van der Waals surface area contributed by atoms with Gasteiger partial charge in [0.05, 0.1) is 17.7 Å². The third-order valence-electron chi connectivity index (χ3n) is 4.38. The van der Waals surface area contributed by atoms with Gasteiger partial charge < -0.3 is 19.9 Å². The van der Waals surface area contributed by atoms with E-state index in [9.17, 15) is 9.59 Å². The lowest BCUT2D eigenvalue weighted by atomic mass is 10.1. The molecule has 0 spiro atoms. The first-order valence-corrected chi connectivity index (χ1v) is 10.2. The molecule has 7 nitrogen and oxygen atoms in total. The van der Waals surface area contributed by atoms with Crippen LogP contribution in [0.5, 0.6) is 11.5 Å². The number of nitrogens with zero attached hydrogens (tertiary/aromatic N) is 1. The lowest BCUT2D eigenvalue weighted by Crippen LogP contribution is -2.23. The van der Waals surface area contributed by atoms with Crippen LogP contribution in [-0.4, -0.2) is 35.4 Å². The minimum atomic E-state index is -1.07. The molecule has 8 heteroatoms. The molecule has 1 aliphatic heterocycles. The van der Waals surface area contributed by atoms with Crippen molar-refractivity contribution in [2.75, 3.05) is 7.11 Å². The van der Waals surface area contributed by atoms with E-state index < -0.39 is 12.1 Å². The molecular weight excluding hydrogens is 404 g/mol. The number of carbonyl (C=O) groups is 2. The van der Waals surface area contributed by atoms with Gasteiger partial charge in [0.2, 0.25) is 0 Å². The number of amides is 1. The molecule has 1 aliphatic rings. The van der Waals surface area contributed by atoms with Crippen molar-refractivity contribution in [3.63, 3.8) is 0 Å². The molecule has 156 valence electrons. The Morgan fingerprint density at radius 1 is 1.27 bits per heavy atom. The molecule has 0 aliphatic carbocycles. The van der Waals surface area contributed by atoms with Crippen molar-refractivity contribution >= 4 is 40.6 Å². The number of aliphatic carboxylic acids is 1. The van der Waals surface area contributed by atoms with Crippen LogP contribution in [0.3, 0.4) is 0 Å². The largest absolute Gasteiger partial charge is 0.493 e. The van der Waals surface area contributed by atoms with Crippen LogP contribution < -0.4 is 14.8 Å². The first-order chi connectivity index (χ1) is 14.4. The number of carboxylic acid groups (broad SMARTS) is 1. The Morgan fingerprint density at radius 2 is 2.03 bits per heavy atom. The van der Waals surface area contributed by atoms with Gasteiger partial charge in [-0.15, -0.1) is 0 Å². The SMILES string of the molecule is CCc1ccccc1N=C1NC(=O)/C(=C\c2ccc(OC(C)C(=O)O)c(OC)c2)S1. The zero-order valence-corrected chi connectivity index (χ0v) is 17.7. The number of para-hydroxylation sites is 1. The fourth-order valence-electron chi connectivity index (χ4n) is 2.77. The minimum absolute atomic E-state index is 0.230. The Hall–Kier alpha value is -3.26. The maximum absolute atomic E-state index is 12.4. The Bertz CT molecular complexity index is 1030. The molecule has 0 bridgehead atoms. The van der Waals surface area contributed by atoms with Crippen LogP contribution in [0.15, 0.2) is 52.4 Å². The van der Waals surface area contributed by atoms with Crippen LogP contribution in [0.1, 0.15) is 25.0 Å². The molecule has 0 saturated carbocycles. The third-order valence-corrected chi connectivity index (χ3v) is 5.29. The predicted octanol–water partition coefficient (Wildman–Crippen LogP) is 4.00. The van der Waals surface area contributed by atoms with Gasteiger partial charge in [0, 0.05) is 0 Å². The highest BCUT2D eigenvalue weighted by Crippen LogP contribution is 2.33. The third kappa shape index (κ3) is 5.01. The summed E-state index contributed by atoms with van der Waals surface area (Å²) >= 11 is 1.26. The molecule has 0 radical (unpaired) electrons. The average molecular weight is 426 g/mol. The van der Waals surface area contributed by atoms with Crippen molar-refractivity contribution in [2.24, 2.45) is 4.99 Å². The minimum Gasteiger partial charge on any atom is -0.493 e. The van der Waals surface area contributed by atoms with Crippen LogP contribution in [0.4, 0.5) is 5.69 Å². The maximum Gasteiger partial charge on any atom is 0.344 e. The van der Waals surface area contributed by atoms with E-state index in [-0.39, 0.29) is 5.91 Å². The lowest BCUT2D eigenvalue weighted by molar-refractivity contribution is -0.144. The zero-order valence-electron chi connectivity index (χ0n) is 16.8. The molecule has 1 heterocycles. The highest BCUT2D eigenvalue weighted by molar-refractivity contribution is 8.18. The molecule has 30 heavy (non-hydrogen) atoms. The molecule has 2 aromatic carbocycles. The maximum atomic E-state index is 12.4. The van der Waals surface area contributed by atoms with Crippen LogP contribution in [-0.2, 0) is 16.0 Å². The molecule has 0 aromatic heterocycles. The lowest BCUT2D eigenvalue weighted by Gasteiger charge is -2.14.